The van der Waals surface area contributed by atoms with Crippen LogP contribution in [0.1, 0.15) is 34.6 Å². The summed E-state index contributed by atoms with van der Waals surface area (Å²) in [6.07, 6.45) is 4.68. The molecule has 1 unspecified atom stereocenters. The largest absolute Gasteiger partial charge is 0.375 e. The van der Waals surface area contributed by atoms with Gasteiger partial charge >= 0.3 is 0 Å². The molecule has 0 saturated carbocycles. The first-order valence-corrected chi connectivity index (χ1v) is 13.0. The van der Waals surface area contributed by atoms with Crippen molar-refractivity contribution in [2.45, 2.75) is 19.9 Å². The van der Waals surface area contributed by atoms with Gasteiger partial charge in [-0.3, -0.25) is 24.7 Å². The maximum atomic E-state index is 13.3. The number of aliphatic imine (C=N–C) groups is 1. The zero-order valence-electron chi connectivity index (χ0n) is 21.6. The van der Waals surface area contributed by atoms with Crippen molar-refractivity contribution in [1.82, 2.24) is 14.8 Å². The molecular weight excluding hydrogens is 552 g/mol. The van der Waals surface area contributed by atoms with Gasteiger partial charge in [0, 0.05) is 67.5 Å². The normalized spacial score (nSPS) is 14.5. The molecule has 2 heterocycles. The van der Waals surface area contributed by atoms with Crippen molar-refractivity contribution in [3.05, 3.63) is 74.5 Å². The molecule has 1 aromatic heterocycles. The molecule has 0 aliphatic carbocycles. The van der Waals surface area contributed by atoms with Crippen LogP contribution < -0.4 is 5.32 Å². The fourth-order valence-electron chi connectivity index (χ4n) is 4.65. The fourth-order valence-corrected chi connectivity index (χ4v) is 5.10. The van der Waals surface area contributed by atoms with Crippen molar-refractivity contribution in [3.63, 3.8) is 0 Å². The summed E-state index contributed by atoms with van der Waals surface area (Å²) in [6.45, 7) is 4.97. The third-order valence-corrected chi connectivity index (χ3v) is 7.01. The molecular formula is C27H29BrN6O4. The van der Waals surface area contributed by atoms with Crippen molar-refractivity contribution in [2.24, 2.45) is 16.8 Å². The van der Waals surface area contributed by atoms with Crippen molar-refractivity contribution < 1.29 is 14.5 Å². The minimum atomic E-state index is -0.595. The number of carbonyl (C=O) groups is 2. The average molecular weight is 581 g/mol. The predicted molar refractivity (Wildman–Crippen MR) is 151 cm³/mol. The Kier molecular flexibility index (Phi) is 8.05. The number of halogens is 1. The first-order chi connectivity index (χ1) is 18.1. The molecule has 3 aromatic rings. The van der Waals surface area contributed by atoms with E-state index in [2.05, 4.69) is 31.2 Å². The number of aromatic nitrogens is 1. The van der Waals surface area contributed by atoms with Gasteiger partial charge in [0.1, 0.15) is 5.69 Å². The van der Waals surface area contributed by atoms with E-state index >= 15 is 0 Å². The van der Waals surface area contributed by atoms with Crippen molar-refractivity contribution in [3.8, 4) is 0 Å². The van der Waals surface area contributed by atoms with Gasteiger partial charge in [0.2, 0.25) is 0 Å². The number of likely N-dealkylation sites (tertiary alicyclic amines) is 1. The zero-order valence-corrected chi connectivity index (χ0v) is 23.2. The number of nitrogens with zero attached hydrogens (tertiary/aromatic N) is 5. The van der Waals surface area contributed by atoms with Crippen LogP contribution in [0, 0.1) is 22.0 Å². The Morgan fingerprint density at radius 1 is 1.21 bits per heavy atom. The molecule has 1 atom stereocenters. The molecule has 4 rings (SSSR count). The van der Waals surface area contributed by atoms with E-state index in [1.165, 1.54) is 18.5 Å². The molecule has 1 N–H and O–H groups in total. The molecule has 2 amide bonds. The Morgan fingerprint density at radius 3 is 2.58 bits per heavy atom. The number of anilines is 1. The van der Waals surface area contributed by atoms with E-state index < -0.39 is 10.8 Å². The minimum absolute atomic E-state index is 0.0263. The Bertz CT molecular complexity index is 1410. The second kappa shape index (κ2) is 11.3. The summed E-state index contributed by atoms with van der Waals surface area (Å²) in [5.74, 6) is -0.607. The number of nitrogens with one attached hydrogen (secondary N) is 1. The Morgan fingerprint density at radius 2 is 1.92 bits per heavy atom. The Labute approximate surface area is 229 Å². The summed E-state index contributed by atoms with van der Waals surface area (Å²) in [7, 11) is 3.46. The number of rotatable bonds is 8. The molecule has 2 aromatic carbocycles. The number of hydrogen-bond acceptors (Lipinski definition) is 6. The van der Waals surface area contributed by atoms with E-state index in [9.17, 15) is 19.7 Å². The van der Waals surface area contributed by atoms with Crippen LogP contribution >= 0.6 is 15.9 Å². The zero-order chi connectivity index (χ0) is 27.6. The molecule has 10 nitrogen and oxygen atoms in total. The van der Waals surface area contributed by atoms with Crippen LogP contribution in [-0.4, -0.2) is 71.1 Å². The second-order valence-corrected chi connectivity index (χ2v) is 10.8. The first-order valence-electron chi connectivity index (χ1n) is 12.2. The lowest BCUT2D eigenvalue weighted by atomic mass is 9.83. The minimum Gasteiger partial charge on any atom is -0.375 e. The lowest BCUT2D eigenvalue weighted by molar-refractivity contribution is -0.384. The van der Waals surface area contributed by atoms with Crippen LogP contribution in [-0.2, 0) is 0 Å². The van der Waals surface area contributed by atoms with Crippen molar-refractivity contribution in [1.29, 1.82) is 0 Å². The second-order valence-electron chi connectivity index (χ2n) is 9.91. The highest BCUT2D eigenvalue weighted by molar-refractivity contribution is 9.10. The number of hydrogen-bond donors (Lipinski definition) is 1. The number of pyridine rings is 1. The van der Waals surface area contributed by atoms with Gasteiger partial charge < -0.3 is 15.1 Å². The quantitative estimate of drug-likeness (QED) is 0.175. The predicted octanol–water partition coefficient (Wildman–Crippen LogP) is 4.84. The molecule has 1 aliphatic heterocycles. The molecule has 198 valence electrons. The summed E-state index contributed by atoms with van der Waals surface area (Å²) in [4.78, 5) is 49.2. The molecule has 1 fully saturated rings. The van der Waals surface area contributed by atoms with E-state index in [0.717, 1.165) is 10.8 Å². The summed E-state index contributed by atoms with van der Waals surface area (Å²) >= 11 is 3.28. The van der Waals surface area contributed by atoms with Crippen LogP contribution in [0.5, 0.6) is 0 Å². The van der Waals surface area contributed by atoms with E-state index in [1.807, 2.05) is 38.1 Å². The van der Waals surface area contributed by atoms with Crippen molar-refractivity contribution in [2.75, 3.05) is 32.5 Å². The number of fused-ring (bicyclic) bond motifs is 1. The van der Waals surface area contributed by atoms with Crippen LogP contribution in [0.3, 0.4) is 0 Å². The van der Waals surface area contributed by atoms with Crippen LogP contribution in [0.15, 0.2) is 58.3 Å². The van der Waals surface area contributed by atoms with E-state index in [4.69, 9.17) is 0 Å². The van der Waals surface area contributed by atoms with Crippen LogP contribution in [0.25, 0.3) is 10.8 Å². The maximum absolute atomic E-state index is 13.3. The van der Waals surface area contributed by atoms with Crippen LogP contribution in [0.4, 0.5) is 11.4 Å². The van der Waals surface area contributed by atoms with Gasteiger partial charge in [-0.1, -0.05) is 54.0 Å². The number of nitro groups is 1. The lowest BCUT2D eigenvalue weighted by Gasteiger charge is -2.45. The van der Waals surface area contributed by atoms with Crippen LogP contribution in [0.2, 0.25) is 0 Å². The third-order valence-electron chi connectivity index (χ3n) is 6.55. The Hall–Kier alpha value is -3.86. The van der Waals surface area contributed by atoms with Gasteiger partial charge in [0.15, 0.2) is 0 Å². The van der Waals surface area contributed by atoms with E-state index in [0.29, 0.717) is 23.1 Å². The summed E-state index contributed by atoms with van der Waals surface area (Å²) in [5, 5.41) is 17.0. The van der Waals surface area contributed by atoms with Gasteiger partial charge in [-0.15, -0.1) is 0 Å². The van der Waals surface area contributed by atoms with Gasteiger partial charge in [0.05, 0.1) is 22.4 Å². The number of benzene rings is 2. The highest BCUT2D eigenvalue weighted by Gasteiger charge is 2.39. The van der Waals surface area contributed by atoms with E-state index in [-0.39, 0.29) is 40.7 Å². The van der Waals surface area contributed by atoms with Crippen molar-refractivity contribution >= 4 is 56.2 Å². The maximum Gasteiger partial charge on any atom is 0.294 e. The summed E-state index contributed by atoms with van der Waals surface area (Å²) in [5.41, 5.74) is 0.554. The SMILES string of the molecule is CC(C)C(Nc1c(C(=O)N=CN(C)C)cc(Br)cc1[N+](=O)[O-])C1CN(C(=O)c2cncc3ccccc23)C1. The smallest absolute Gasteiger partial charge is 0.294 e. The van der Waals surface area contributed by atoms with Gasteiger partial charge in [-0.25, -0.2) is 0 Å². The van der Waals surface area contributed by atoms with E-state index in [1.54, 1.807) is 36.3 Å². The standard InChI is InChI=1S/C27H29BrN6O4/c1-16(2)24(18-13-33(14-18)27(36)22-12-29-11-17-7-5-6-8-20(17)22)31-25-21(26(35)30-15-32(3)4)9-19(28)10-23(25)34(37)38/h5-12,15-16,18,24,31H,13-14H2,1-4H3. The molecule has 0 radical (unpaired) electrons. The number of nitro benzene ring substituents is 1. The molecule has 1 aliphatic rings. The lowest BCUT2D eigenvalue weighted by Crippen LogP contribution is -2.57. The highest BCUT2D eigenvalue weighted by atomic mass is 79.9. The summed E-state index contributed by atoms with van der Waals surface area (Å²) < 4.78 is 0.406. The van der Waals surface area contributed by atoms with Gasteiger partial charge in [0.25, 0.3) is 17.5 Å². The fraction of sp³-hybridized carbons (Fsp3) is 0.333. The molecule has 11 heteroatoms. The first kappa shape index (κ1) is 27.2. The number of amides is 2. The third kappa shape index (κ3) is 5.67. The monoisotopic (exact) mass is 580 g/mol. The Balaban J connectivity index is 1.59. The summed E-state index contributed by atoms with van der Waals surface area (Å²) in [6, 6.07) is 10.3. The number of carbonyl (C=O) groups excluding carboxylic acids is 2. The van der Waals surface area contributed by atoms with Gasteiger partial charge in [-0.05, 0) is 17.4 Å². The topological polar surface area (TPSA) is 121 Å². The average Bonchev–Trinajstić information content (AvgIpc) is 2.85. The van der Waals surface area contributed by atoms with Gasteiger partial charge in [-0.2, -0.15) is 4.99 Å². The molecule has 38 heavy (non-hydrogen) atoms. The molecule has 0 spiro atoms. The highest BCUT2D eigenvalue weighted by Crippen LogP contribution is 2.37. The molecule has 0 bridgehead atoms. The molecule has 1 saturated heterocycles.